The summed E-state index contributed by atoms with van der Waals surface area (Å²) in [6.07, 6.45) is 0.739. The Kier molecular flexibility index (Phi) is 4.36. The number of carbonyl (C=O) groups excluding carboxylic acids is 2. The van der Waals surface area contributed by atoms with E-state index in [0.717, 1.165) is 19.6 Å². The lowest BCUT2D eigenvalue weighted by atomic mass is 9.85. The maximum Gasteiger partial charge on any atom is 0.229 e. The fraction of sp³-hybridized carbons (Fsp3) is 0.333. The molecule has 1 unspecified atom stereocenters. The summed E-state index contributed by atoms with van der Waals surface area (Å²) in [5, 5.41) is 0. The minimum absolute atomic E-state index is 0.0259. The van der Waals surface area contributed by atoms with Crippen molar-refractivity contribution in [1.82, 2.24) is 9.80 Å². The molecule has 4 heteroatoms. The molecule has 1 saturated heterocycles. The first-order valence-corrected chi connectivity index (χ1v) is 8.90. The van der Waals surface area contributed by atoms with Crippen molar-refractivity contribution in [3.63, 3.8) is 0 Å². The van der Waals surface area contributed by atoms with Gasteiger partial charge in [-0.05, 0) is 16.7 Å². The Morgan fingerprint density at radius 1 is 0.840 bits per heavy atom. The molecule has 2 aromatic carbocycles. The minimum atomic E-state index is -0.0259. The van der Waals surface area contributed by atoms with Crippen LogP contribution in [0, 0.1) is 0 Å². The van der Waals surface area contributed by atoms with Crippen LogP contribution < -0.4 is 0 Å². The highest BCUT2D eigenvalue weighted by Gasteiger charge is 2.31. The molecule has 0 N–H and O–H groups in total. The van der Waals surface area contributed by atoms with E-state index in [1.807, 2.05) is 6.07 Å². The summed E-state index contributed by atoms with van der Waals surface area (Å²) in [6.45, 7) is 3.02. The summed E-state index contributed by atoms with van der Waals surface area (Å²) in [7, 11) is 0. The van der Waals surface area contributed by atoms with Crippen LogP contribution in [0.2, 0.25) is 0 Å². The van der Waals surface area contributed by atoms with Crippen molar-refractivity contribution < 1.29 is 9.59 Å². The molecule has 128 valence electrons. The quantitative estimate of drug-likeness (QED) is 0.807. The van der Waals surface area contributed by atoms with Crippen LogP contribution in [0.3, 0.4) is 0 Å². The van der Waals surface area contributed by atoms with Gasteiger partial charge in [-0.1, -0.05) is 54.6 Å². The molecule has 2 amide bonds. The number of nitrogens with zero attached hydrogens (tertiary/aromatic N) is 2. The maximum absolute atomic E-state index is 11.8. The van der Waals surface area contributed by atoms with Crippen molar-refractivity contribution in [2.24, 2.45) is 0 Å². The van der Waals surface area contributed by atoms with E-state index >= 15 is 0 Å². The van der Waals surface area contributed by atoms with Gasteiger partial charge < -0.3 is 0 Å². The third kappa shape index (κ3) is 3.22. The van der Waals surface area contributed by atoms with Crippen LogP contribution in [0.25, 0.3) is 0 Å². The maximum atomic E-state index is 11.8. The average Bonchev–Trinajstić information content (AvgIpc) is 2.98. The van der Waals surface area contributed by atoms with Gasteiger partial charge in [-0.25, -0.2) is 0 Å². The smallest absolute Gasteiger partial charge is 0.229 e. The van der Waals surface area contributed by atoms with E-state index in [2.05, 4.69) is 53.4 Å². The Morgan fingerprint density at radius 2 is 1.52 bits per heavy atom. The molecular formula is C21H22N2O2. The highest BCUT2D eigenvalue weighted by molar-refractivity contribution is 6.01. The Bertz CT molecular complexity index is 771. The van der Waals surface area contributed by atoms with Gasteiger partial charge in [-0.2, -0.15) is 0 Å². The third-order valence-corrected chi connectivity index (χ3v) is 5.26. The topological polar surface area (TPSA) is 40.6 Å². The van der Waals surface area contributed by atoms with Crippen LogP contribution in [0.4, 0.5) is 0 Å². The van der Waals surface area contributed by atoms with Crippen LogP contribution in [-0.4, -0.2) is 41.2 Å². The lowest BCUT2D eigenvalue weighted by Gasteiger charge is -2.35. The first-order chi connectivity index (χ1) is 12.2. The number of carbonyl (C=O) groups is 2. The molecule has 2 aromatic rings. The van der Waals surface area contributed by atoms with Gasteiger partial charge in [0, 0.05) is 44.9 Å². The second kappa shape index (κ2) is 6.81. The predicted octanol–water partition coefficient (Wildman–Crippen LogP) is 2.78. The first kappa shape index (κ1) is 16.0. The summed E-state index contributed by atoms with van der Waals surface area (Å²) in [4.78, 5) is 27.4. The zero-order valence-electron chi connectivity index (χ0n) is 14.2. The second-order valence-corrected chi connectivity index (χ2v) is 6.84. The van der Waals surface area contributed by atoms with Crippen LogP contribution in [0.15, 0.2) is 54.6 Å². The van der Waals surface area contributed by atoms with Crippen LogP contribution >= 0.6 is 0 Å². The average molecular weight is 334 g/mol. The molecule has 4 rings (SSSR count). The molecule has 2 aliphatic heterocycles. The Labute approximate surface area is 148 Å². The number of amides is 2. The minimum Gasteiger partial charge on any atom is -0.296 e. The molecule has 1 fully saturated rings. The number of rotatable bonds is 4. The Hall–Kier alpha value is -2.46. The normalized spacial score (nSPS) is 20.8. The predicted molar refractivity (Wildman–Crippen MR) is 96.0 cm³/mol. The molecule has 2 aliphatic rings. The summed E-state index contributed by atoms with van der Waals surface area (Å²) in [5.41, 5.74) is 4.04. The summed E-state index contributed by atoms with van der Waals surface area (Å²) in [6, 6.07) is 19.2. The molecule has 2 heterocycles. The number of fused-ring (bicyclic) bond motifs is 1. The van der Waals surface area contributed by atoms with E-state index in [1.165, 1.54) is 21.6 Å². The number of hydrogen-bond donors (Lipinski definition) is 0. The van der Waals surface area contributed by atoms with Crippen molar-refractivity contribution in [1.29, 1.82) is 0 Å². The zero-order valence-corrected chi connectivity index (χ0v) is 14.2. The fourth-order valence-corrected chi connectivity index (χ4v) is 3.93. The highest BCUT2D eigenvalue weighted by atomic mass is 16.2. The molecule has 0 radical (unpaired) electrons. The van der Waals surface area contributed by atoms with Gasteiger partial charge >= 0.3 is 0 Å². The van der Waals surface area contributed by atoms with Gasteiger partial charge in [0.25, 0.3) is 0 Å². The molecular weight excluding hydrogens is 312 g/mol. The summed E-state index contributed by atoms with van der Waals surface area (Å²) < 4.78 is 0. The van der Waals surface area contributed by atoms with Crippen LogP contribution in [0.1, 0.15) is 35.4 Å². The van der Waals surface area contributed by atoms with Gasteiger partial charge in [-0.15, -0.1) is 0 Å². The van der Waals surface area contributed by atoms with Gasteiger partial charge in [0.1, 0.15) is 0 Å². The summed E-state index contributed by atoms with van der Waals surface area (Å²) in [5.74, 6) is 0.278. The monoisotopic (exact) mass is 334 g/mol. The van der Waals surface area contributed by atoms with Crippen molar-refractivity contribution >= 4 is 11.8 Å². The number of hydrogen-bond acceptors (Lipinski definition) is 3. The van der Waals surface area contributed by atoms with Crippen molar-refractivity contribution in [2.75, 3.05) is 19.6 Å². The molecule has 0 bridgehead atoms. The molecule has 0 aromatic heterocycles. The van der Waals surface area contributed by atoms with E-state index in [0.29, 0.717) is 25.3 Å². The third-order valence-electron chi connectivity index (χ3n) is 5.26. The summed E-state index contributed by atoms with van der Waals surface area (Å²) >= 11 is 0. The lowest BCUT2D eigenvalue weighted by molar-refractivity contribution is -0.138. The first-order valence-electron chi connectivity index (χ1n) is 8.90. The Morgan fingerprint density at radius 3 is 2.28 bits per heavy atom. The van der Waals surface area contributed by atoms with E-state index in [9.17, 15) is 9.59 Å². The molecule has 4 nitrogen and oxygen atoms in total. The molecule has 0 spiro atoms. The van der Waals surface area contributed by atoms with E-state index in [1.54, 1.807) is 0 Å². The zero-order chi connectivity index (χ0) is 17.2. The molecule has 0 aliphatic carbocycles. The number of likely N-dealkylation sites (tertiary alicyclic amines) is 1. The molecule has 25 heavy (non-hydrogen) atoms. The SMILES string of the molecule is O=C1CCC(=O)N1CCN1Cc2ccccc2C(c2ccccc2)C1. The van der Waals surface area contributed by atoms with Crippen molar-refractivity contribution in [3.05, 3.63) is 71.3 Å². The van der Waals surface area contributed by atoms with Gasteiger partial charge in [0.15, 0.2) is 0 Å². The van der Waals surface area contributed by atoms with Crippen molar-refractivity contribution in [2.45, 2.75) is 25.3 Å². The van der Waals surface area contributed by atoms with E-state index in [4.69, 9.17) is 0 Å². The second-order valence-electron chi connectivity index (χ2n) is 6.84. The Balaban J connectivity index is 1.53. The van der Waals surface area contributed by atoms with Crippen LogP contribution in [-0.2, 0) is 16.1 Å². The largest absolute Gasteiger partial charge is 0.296 e. The molecule has 1 atom stereocenters. The molecule has 0 saturated carbocycles. The lowest BCUT2D eigenvalue weighted by Crippen LogP contribution is -2.41. The van der Waals surface area contributed by atoms with E-state index in [-0.39, 0.29) is 11.8 Å². The number of imide groups is 1. The van der Waals surface area contributed by atoms with Gasteiger partial charge in [0.2, 0.25) is 11.8 Å². The van der Waals surface area contributed by atoms with E-state index < -0.39 is 0 Å². The number of benzene rings is 2. The van der Waals surface area contributed by atoms with Crippen molar-refractivity contribution in [3.8, 4) is 0 Å². The fourth-order valence-electron chi connectivity index (χ4n) is 3.93. The van der Waals surface area contributed by atoms with Gasteiger partial charge in [-0.3, -0.25) is 19.4 Å². The highest BCUT2D eigenvalue weighted by Crippen LogP contribution is 2.33. The standard InChI is InChI=1S/C21H22N2O2/c24-20-10-11-21(25)23(20)13-12-22-14-17-8-4-5-9-18(17)19(15-22)16-6-2-1-3-7-16/h1-9,19H,10-15H2. The van der Waals surface area contributed by atoms with Gasteiger partial charge in [0.05, 0.1) is 0 Å². The van der Waals surface area contributed by atoms with Crippen LogP contribution in [0.5, 0.6) is 0 Å².